The van der Waals surface area contributed by atoms with Crippen molar-refractivity contribution in [1.29, 1.82) is 0 Å². The summed E-state index contributed by atoms with van der Waals surface area (Å²) in [5.41, 5.74) is 0. The zero-order chi connectivity index (χ0) is 10.5. The molecule has 0 saturated heterocycles. The van der Waals surface area contributed by atoms with Crippen LogP contribution in [0.2, 0.25) is 0 Å². The van der Waals surface area contributed by atoms with Crippen LogP contribution < -0.4 is 5.32 Å². The number of thioether (sulfide) groups is 1. The van der Waals surface area contributed by atoms with Crippen molar-refractivity contribution in [3.8, 4) is 0 Å². The van der Waals surface area contributed by atoms with Crippen LogP contribution in [0.5, 0.6) is 0 Å². The van der Waals surface area contributed by atoms with Gasteiger partial charge in [-0.25, -0.2) is 0 Å². The maximum Gasteiger partial charge on any atom is 0.00675 e. The van der Waals surface area contributed by atoms with Crippen LogP contribution in [0.1, 0.15) is 45.4 Å². The fourth-order valence-electron chi connectivity index (χ4n) is 2.33. The second-order valence-corrected chi connectivity index (χ2v) is 6.58. The fourth-order valence-corrected chi connectivity index (χ4v) is 3.43. The molecule has 0 unspecified atom stereocenters. The third kappa shape index (κ3) is 4.78. The molecule has 0 aromatic rings. The highest BCUT2D eigenvalue weighted by atomic mass is 32.2. The quantitative estimate of drug-likeness (QED) is 0.699. The monoisotopic (exact) mass is 227 g/mol. The van der Waals surface area contributed by atoms with E-state index in [0.29, 0.717) is 0 Å². The van der Waals surface area contributed by atoms with E-state index in [0.717, 1.165) is 17.9 Å². The lowest BCUT2D eigenvalue weighted by Gasteiger charge is -2.26. The minimum absolute atomic E-state index is 0.836. The molecule has 0 spiro atoms. The van der Waals surface area contributed by atoms with Gasteiger partial charge in [0, 0.05) is 18.3 Å². The zero-order valence-electron chi connectivity index (χ0n) is 10.0. The summed E-state index contributed by atoms with van der Waals surface area (Å²) in [7, 11) is 0. The van der Waals surface area contributed by atoms with E-state index in [1.54, 1.807) is 0 Å². The van der Waals surface area contributed by atoms with Gasteiger partial charge in [-0.05, 0) is 56.1 Å². The number of rotatable bonds is 6. The SMILES string of the molecule is CC1CCC(NCCSCC2CC2)CC1. The van der Waals surface area contributed by atoms with Crippen LogP contribution in [0.15, 0.2) is 0 Å². The Labute approximate surface area is 98.8 Å². The third-order valence-corrected chi connectivity index (χ3v) is 4.95. The van der Waals surface area contributed by atoms with Gasteiger partial charge in [-0.15, -0.1) is 0 Å². The Balaban J connectivity index is 1.43. The molecule has 0 bridgehead atoms. The van der Waals surface area contributed by atoms with Gasteiger partial charge in [-0.3, -0.25) is 0 Å². The zero-order valence-corrected chi connectivity index (χ0v) is 10.8. The molecule has 0 aromatic carbocycles. The van der Waals surface area contributed by atoms with Crippen LogP contribution >= 0.6 is 11.8 Å². The molecular weight excluding hydrogens is 202 g/mol. The van der Waals surface area contributed by atoms with E-state index in [-0.39, 0.29) is 0 Å². The van der Waals surface area contributed by atoms with Gasteiger partial charge in [0.05, 0.1) is 0 Å². The lowest BCUT2D eigenvalue weighted by Crippen LogP contribution is -2.34. The molecule has 1 N–H and O–H groups in total. The van der Waals surface area contributed by atoms with E-state index in [1.165, 1.54) is 56.6 Å². The molecule has 2 heteroatoms. The topological polar surface area (TPSA) is 12.0 Å². The summed E-state index contributed by atoms with van der Waals surface area (Å²) < 4.78 is 0. The summed E-state index contributed by atoms with van der Waals surface area (Å²) in [6.07, 6.45) is 8.70. The van der Waals surface area contributed by atoms with E-state index in [9.17, 15) is 0 Å². The molecular formula is C13H25NS. The highest BCUT2D eigenvalue weighted by Crippen LogP contribution is 2.32. The van der Waals surface area contributed by atoms with Crippen molar-refractivity contribution in [3.63, 3.8) is 0 Å². The molecule has 0 aromatic heterocycles. The maximum atomic E-state index is 3.72. The Morgan fingerprint density at radius 2 is 1.80 bits per heavy atom. The Morgan fingerprint density at radius 3 is 2.47 bits per heavy atom. The number of nitrogens with one attached hydrogen (secondary N) is 1. The first-order chi connectivity index (χ1) is 7.34. The van der Waals surface area contributed by atoms with Crippen molar-refractivity contribution in [2.45, 2.75) is 51.5 Å². The molecule has 1 nitrogen and oxygen atoms in total. The Kier molecular flexibility index (Phi) is 4.83. The molecule has 0 heterocycles. The predicted molar refractivity (Wildman–Crippen MR) is 69.5 cm³/mol. The summed E-state index contributed by atoms with van der Waals surface area (Å²) in [5.74, 6) is 4.81. The highest BCUT2D eigenvalue weighted by Gasteiger charge is 2.20. The fraction of sp³-hybridized carbons (Fsp3) is 1.00. The molecule has 2 fully saturated rings. The normalized spacial score (nSPS) is 31.8. The van der Waals surface area contributed by atoms with Gasteiger partial charge in [0.15, 0.2) is 0 Å². The first-order valence-electron chi connectivity index (χ1n) is 6.65. The average Bonchev–Trinajstić information content (AvgIpc) is 3.04. The molecule has 2 aliphatic rings. The molecule has 0 amide bonds. The highest BCUT2D eigenvalue weighted by molar-refractivity contribution is 7.99. The molecule has 15 heavy (non-hydrogen) atoms. The van der Waals surface area contributed by atoms with Crippen molar-refractivity contribution < 1.29 is 0 Å². The van der Waals surface area contributed by atoms with E-state index < -0.39 is 0 Å². The largest absolute Gasteiger partial charge is 0.313 e. The molecule has 0 radical (unpaired) electrons. The molecule has 0 aliphatic heterocycles. The lowest BCUT2D eigenvalue weighted by atomic mass is 9.87. The Morgan fingerprint density at radius 1 is 1.07 bits per heavy atom. The van der Waals surface area contributed by atoms with Gasteiger partial charge >= 0.3 is 0 Å². The van der Waals surface area contributed by atoms with Crippen molar-refractivity contribution in [1.82, 2.24) is 5.32 Å². The van der Waals surface area contributed by atoms with Gasteiger partial charge in [0.2, 0.25) is 0 Å². The van der Waals surface area contributed by atoms with Crippen LogP contribution in [-0.4, -0.2) is 24.1 Å². The van der Waals surface area contributed by atoms with Crippen molar-refractivity contribution in [3.05, 3.63) is 0 Å². The molecule has 2 rings (SSSR count). The molecule has 0 atom stereocenters. The van der Waals surface area contributed by atoms with Gasteiger partial charge in [-0.2, -0.15) is 11.8 Å². The van der Waals surface area contributed by atoms with Gasteiger partial charge in [-0.1, -0.05) is 6.92 Å². The van der Waals surface area contributed by atoms with Crippen LogP contribution in [0.3, 0.4) is 0 Å². The number of hydrogen-bond donors (Lipinski definition) is 1. The Bertz CT molecular complexity index is 171. The van der Waals surface area contributed by atoms with Gasteiger partial charge < -0.3 is 5.32 Å². The van der Waals surface area contributed by atoms with Crippen molar-refractivity contribution >= 4 is 11.8 Å². The van der Waals surface area contributed by atoms with E-state index in [1.807, 2.05) is 0 Å². The minimum atomic E-state index is 0.836. The van der Waals surface area contributed by atoms with Crippen LogP contribution in [0.25, 0.3) is 0 Å². The third-order valence-electron chi connectivity index (χ3n) is 3.75. The van der Waals surface area contributed by atoms with Crippen LogP contribution in [0.4, 0.5) is 0 Å². The van der Waals surface area contributed by atoms with Gasteiger partial charge in [0.25, 0.3) is 0 Å². The second kappa shape index (κ2) is 6.15. The van der Waals surface area contributed by atoms with E-state index >= 15 is 0 Å². The van der Waals surface area contributed by atoms with Crippen LogP contribution in [0, 0.1) is 11.8 Å². The molecule has 2 aliphatic carbocycles. The lowest BCUT2D eigenvalue weighted by molar-refractivity contribution is 0.312. The smallest absolute Gasteiger partial charge is 0.00675 e. The summed E-state index contributed by atoms with van der Waals surface area (Å²) in [6, 6.07) is 0.836. The minimum Gasteiger partial charge on any atom is -0.313 e. The van der Waals surface area contributed by atoms with Crippen molar-refractivity contribution in [2.75, 3.05) is 18.1 Å². The first kappa shape index (κ1) is 11.8. The summed E-state index contributed by atoms with van der Waals surface area (Å²) in [6.45, 7) is 3.62. The van der Waals surface area contributed by atoms with Crippen molar-refractivity contribution in [2.24, 2.45) is 11.8 Å². The summed E-state index contributed by atoms with van der Waals surface area (Å²) in [5, 5.41) is 3.72. The maximum absolute atomic E-state index is 3.72. The summed E-state index contributed by atoms with van der Waals surface area (Å²) >= 11 is 2.15. The predicted octanol–water partition coefficient (Wildman–Crippen LogP) is 3.30. The second-order valence-electron chi connectivity index (χ2n) is 5.43. The molecule has 88 valence electrons. The molecule has 2 saturated carbocycles. The van der Waals surface area contributed by atoms with E-state index in [4.69, 9.17) is 0 Å². The average molecular weight is 227 g/mol. The Hall–Kier alpha value is 0.310. The summed E-state index contributed by atoms with van der Waals surface area (Å²) in [4.78, 5) is 0. The standard InChI is InChI=1S/C13H25NS/c1-11-2-6-13(7-3-11)14-8-9-15-10-12-4-5-12/h11-14H,2-10H2,1H3. The van der Waals surface area contributed by atoms with Crippen LogP contribution in [-0.2, 0) is 0 Å². The first-order valence-corrected chi connectivity index (χ1v) is 7.81. The van der Waals surface area contributed by atoms with E-state index in [2.05, 4.69) is 24.0 Å². The number of hydrogen-bond acceptors (Lipinski definition) is 2. The van der Waals surface area contributed by atoms with Gasteiger partial charge in [0.1, 0.15) is 0 Å².